The average molecular weight is 430 g/mol. The highest BCUT2D eigenvalue weighted by Gasteiger charge is 2.20. The van der Waals surface area contributed by atoms with Crippen molar-refractivity contribution in [3.8, 4) is 0 Å². The summed E-state index contributed by atoms with van der Waals surface area (Å²) < 4.78 is 0. The summed E-state index contributed by atoms with van der Waals surface area (Å²) in [5, 5.41) is 13.7. The maximum atomic E-state index is 12.5. The first-order valence-corrected chi connectivity index (χ1v) is 10.4. The van der Waals surface area contributed by atoms with Gasteiger partial charge in [0, 0.05) is 48.9 Å². The molecule has 0 spiro atoms. The zero-order chi connectivity index (χ0) is 21.5. The molecule has 1 aliphatic rings. The summed E-state index contributed by atoms with van der Waals surface area (Å²) in [6, 6.07) is 13.8. The van der Waals surface area contributed by atoms with Gasteiger partial charge in [0.25, 0.3) is 5.69 Å². The molecule has 0 bridgehead atoms. The first-order valence-electron chi connectivity index (χ1n) is 9.44. The van der Waals surface area contributed by atoms with Crippen LogP contribution in [0.3, 0.4) is 0 Å². The lowest BCUT2D eigenvalue weighted by atomic mass is 10.2. The fraction of sp³-hybridized carbons (Fsp3) is 0.300. The summed E-state index contributed by atoms with van der Waals surface area (Å²) in [5.41, 5.74) is 6.87. The van der Waals surface area contributed by atoms with Crippen LogP contribution in [0.2, 0.25) is 0 Å². The number of benzene rings is 2. The number of nitro benzene ring substituents is 1. The van der Waals surface area contributed by atoms with Gasteiger partial charge in [-0.3, -0.25) is 24.6 Å². The minimum Gasteiger partial charge on any atom is -0.369 e. The molecule has 1 fully saturated rings. The van der Waals surface area contributed by atoms with Crippen molar-refractivity contribution in [2.75, 3.05) is 48.7 Å². The highest BCUT2D eigenvalue weighted by Crippen LogP contribution is 2.26. The summed E-state index contributed by atoms with van der Waals surface area (Å²) in [6.07, 6.45) is 0. The van der Waals surface area contributed by atoms with Crippen LogP contribution < -0.4 is 16.0 Å². The molecule has 2 amide bonds. The van der Waals surface area contributed by atoms with Crippen molar-refractivity contribution < 1.29 is 14.5 Å². The predicted molar refractivity (Wildman–Crippen MR) is 117 cm³/mol. The van der Waals surface area contributed by atoms with Crippen LogP contribution in [-0.2, 0) is 9.59 Å². The summed E-state index contributed by atoms with van der Waals surface area (Å²) in [7, 11) is 0. The van der Waals surface area contributed by atoms with Crippen molar-refractivity contribution in [3.05, 3.63) is 58.6 Å². The monoisotopic (exact) mass is 429 g/mol. The number of hydrogen-bond acceptors (Lipinski definition) is 7. The lowest BCUT2D eigenvalue weighted by Crippen LogP contribution is -2.48. The van der Waals surface area contributed by atoms with Gasteiger partial charge in [-0.2, -0.15) is 0 Å². The van der Waals surface area contributed by atoms with E-state index in [1.807, 2.05) is 18.2 Å². The molecule has 0 radical (unpaired) electrons. The molecule has 0 aromatic heterocycles. The number of para-hydroxylation sites is 1. The number of anilines is 2. The molecule has 1 heterocycles. The summed E-state index contributed by atoms with van der Waals surface area (Å²) in [4.78, 5) is 38.9. The van der Waals surface area contributed by atoms with Crippen LogP contribution in [0.1, 0.15) is 0 Å². The maximum absolute atomic E-state index is 12.5. The highest BCUT2D eigenvalue weighted by atomic mass is 32.2. The van der Waals surface area contributed by atoms with Crippen molar-refractivity contribution in [1.82, 2.24) is 4.90 Å². The zero-order valence-corrected chi connectivity index (χ0v) is 17.1. The Kier molecular flexibility index (Phi) is 7.26. The first-order chi connectivity index (χ1) is 14.4. The maximum Gasteiger partial charge on any atom is 0.269 e. The van der Waals surface area contributed by atoms with E-state index in [4.69, 9.17) is 5.73 Å². The smallest absolute Gasteiger partial charge is 0.269 e. The average Bonchev–Trinajstić information content (AvgIpc) is 2.73. The molecule has 1 aliphatic heterocycles. The van der Waals surface area contributed by atoms with Gasteiger partial charge in [0.15, 0.2) is 0 Å². The van der Waals surface area contributed by atoms with Crippen LogP contribution in [0.4, 0.5) is 17.1 Å². The standard InChI is InChI=1S/C20H23N5O4S/c21-19(26)14-30-18-4-2-1-3-17(18)22-20(27)13-23-9-11-24(12-10-23)15-5-7-16(8-6-15)25(28)29/h1-8H,9-14H2,(H2,21,26)(H,22,27). The third kappa shape index (κ3) is 5.94. The number of rotatable bonds is 8. The number of primary amides is 1. The van der Waals surface area contributed by atoms with Crippen molar-refractivity contribution in [2.24, 2.45) is 5.73 Å². The van der Waals surface area contributed by atoms with Crippen LogP contribution in [0.25, 0.3) is 0 Å². The van der Waals surface area contributed by atoms with E-state index >= 15 is 0 Å². The molecule has 3 N–H and O–H groups in total. The van der Waals surface area contributed by atoms with Crippen molar-refractivity contribution in [2.45, 2.75) is 4.90 Å². The van der Waals surface area contributed by atoms with E-state index in [0.717, 1.165) is 23.7 Å². The van der Waals surface area contributed by atoms with E-state index in [0.29, 0.717) is 18.8 Å². The van der Waals surface area contributed by atoms with Crippen LogP contribution in [-0.4, -0.2) is 60.1 Å². The topological polar surface area (TPSA) is 122 Å². The highest BCUT2D eigenvalue weighted by molar-refractivity contribution is 8.00. The van der Waals surface area contributed by atoms with Gasteiger partial charge in [0.2, 0.25) is 11.8 Å². The normalized spacial score (nSPS) is 14.3. The fourth-order valence-electron chi connectivity index (χ4n) is 3.19. The molecule has 0 unspecified atom stereocenters. The van der Waals surface area contributed by atoms with Gasteiger partial charge in [-0.15, -0.1) is 11.8 Å². The SMILES string of the molecule is NC(=O)CSc1ccccc1NC(=O)CN1CCN(c2ccc([N+](=O)[O-])cc2)CC1. The van der Waals surface area contributed by atoms with E-state index in [9.17, 15) is 19.7 Å². The van der Waals surface area contributed by atoms with Crippen LogP contribution >= 0.6 is 11.8 Å². The van der Waals surface area contributed by atoms with Crippen LogP contribution in [0.15, 0.2) is 53.4 Å². The third-order valence-corrected chi connectivity index (χ3v) is 5.79. The molecule has 2 aromatic rings. The Labute approximate surface area is 178 Å². The molecule has 2 aromatic carbocycles. The first kappa shape index (κ1) is 21.6. The quantitative estimate of drug-likeness (QED) is 0.373. The molecule has 0 aliphatic carbocycles. The van der Waals surface area contributed by atoms with Crippen LogP contribution in [0.5, 0.6) is 0 Å². The van der Waals surface area contributed by atoms with Crippen molar-refractivity contribution >= 4 is 40.6 Å². The second-order valence-corrected chi connectivity index (χ2v) is 7.85. The van der Waals surface area contributed by atoms with Crippen LogP contribution in [0, 0.1) is 10.1 Å². The fourth-order valence-corrected chi connectivity index (χ4v) is 3.93. The number of carbonyl (C=O) groups excluding carboxylic acids is 2. The van der Waals surface area contributed by atoms with Gasteiger partial charge in [0.1, 0.15) is 0 Å². The van der Waals surface area contributed by atoms with E-state index in [2.05, 4.69) is 15.1 Å². The molecule has 30 heavy (non-hydrogen) atoms. The third-order valence-electron chi connectivity index (χ3n) is 4.70. The van der Waals surface area contributed by atoms with Gasteiger partial charge in [-0.25, -0.2) is 0 Å². The van der Waals surface area contributed by atoms with E-state index < -0.39 is 10.8 Å². The number of hydrogen-bond donors (Lipinski definition) is 2. The Balaban J connectivity index is 1.50. The number of non-ortho nitro benzene ring substituents is 1. The number of amides is 2. The number of nitro groups is 1. The summed E-state index contributed by atoms with van der Waals surface area (Å²) in [6.45, 7) is 3.15. The second kappa shape index (κ2) is 10.1. The number of nitrogens with zero attached hydrogens (tertiary/aromatic N) is 3. The van der Waals surface area contributed by atoms with Gasteiger partial charge in [-0.1, -0.05) is 12.1 Å². The molecule has 0 saturated carbocycles. The molecule has 3 rings (SSSR count). The molecule has 158 valence electrons. The molecular formula is C20H23N5O4S. The molecule has 1 saturated heterocycles. The minimum atomic E-state index is -0.412. The Hall–Kier alpha value is -3.11. The Morgan fingerprint density at radius 3 is 2.37 bits per heavy atom. The Morgan fingerprint density at radius 2 is 1.73 bits per heavy atom. The second-order valence-electron chi connectivity index (χ2n) is 6.84. The molecular weight excluding hydrogens is 406 g/mol. The number of piperazine rings is 1. The van der Waals surface area contributed by atoms with E-state index in [-0.39, 0.29) is 23.9 Å². The van der Waals surface area contributed by atoms with Gasteiger partial charge >= 0.3 is 0 Å². The predicted octanol–water partition coefficient (Wildman–Crippen LogP) is 1.93. The lowest BCUT2D eigenvalue weighted by molar-refractivity contribution is -0.384. The Morgan fingerprint density at radius 1 is 1.07 bits per heavy atom. The van der Waals surface area contributed by atoms with E-state index in [1.54, 1.807) is 18.2 Å². The number of thioether (sulfide) groups is 1. The molecule has 10 heteroatoms. The van der Waals surface area contributed by atoms with Crippen molar-refractivity contribution in [3.63, 3.8) is 0 Å². The minimum absolute atomic E-state index is 0.0725. The lowest BCUT2D eigenvalue weighted by Gasteiger charge is -2.35. The largest absolute Gasteiger partial charge is 0.369 e. The van der Waals surface area contributed by atoms with Crippen molar-refractivity contribution in [1.29, 1.82) is 0 Å². The number of carbonyl (C=O) groups is 2. The van der Waals surface area contributed by atoms with Gasteiger partial charge in [0.05, 0.1) is 22.9 Å². The van der Waals surface area contributed by atoms with E-state index in [1.165, 1.54) is 23.9 Å². The number of nitrogens with one attached hydrogen (secondary N) is 1. The summed E-state index contributed by atoms with van der Waals surface area (Å²) in [5.74, 6) is -0.379. The van der Waals surface area contributed by atoms with Gasteiger partial charge in [-0.05, 0) is 24.3 Å². The number of nitrogens with two attached hydrogens (primary N) is 1. The Bertz CT molecular complexity index is 914. The molecule has 9 nitrogen and oxygen atoms in total. The van der Waals surface area contributed by atoms with Gasteiger partial charge < -0.3 is 16.0 Å². The summed E-state index contributed by atoms with van der Waals surface area (Å²) >= 11 is 1.29. The molecule has 0 atom stereocenters. The zero-order valence-electron chi connectivity index (χ0n) is 16.3.